The van der Waals surface area contributed by atoms with Gasteiger partial charge in [-0.05, 0) is 68.4 Å². The normalized spacial score (nSPS) is 14.5. The number of pyridine rings is 1. The molecule has 0 radical (unpaired) electrons. The Morgan fingerprint density at radius 2 is 1.90 bits per heavy atom. The number of hydrogen-bond acceptors (Lipinski definition) is 6. The number of anilines is 1. The van der Waals surface area contributed by atoms with Crippen molar-refractivity contribution in [1.29, 1.82) is 0 Å². The molecule has 1 amide bonds. The van der Waals surface area contributed by atoms with Crippen LogP contribution in [0.4, 0.5) is 5.69 Å². The molecule has 9 heteroatoms. The summed E-state index contributed by atoms with van der Waals surface area (Å²) in [6.45, 7) is 2.04. The molecular formula is C22H22N8O. The number of benzene rings is 1. The number of carbonyl (C=O) groups excluding carboxylic acids is 1. The summed E-state index contributed by atoms with van der Waals surface area (Å²) in [5, 5.41) is 21.7. The molecule has 31 heavy (non-hydrogen) atoms. The monoisotopic (exact) mass is 414 g/mol. The number of hydrogen-bond donors (Lipinski definition) is 3. The lowest BCUT2D eigenvalue weighted by atomic mass is 9.95. The number of nitrogens with one attached hydrogen (secondary N) is 3. The minimum absolute atomic E-state index is 0.275. The van der Waals surface area contributed by atoms with Crippen LogP contribution in [0.15, 0.2) is 60.9 Å². The highest BCUT2D eigenvalue weighted by atomic mass is 16.1. The van der Waals surface area contributed by atoms with Crippen LogP contribution in [0.3, 0.4) is 0 Å². The highest BCUT2D eigenvalue weighted by Crippen LogP contribution is 2.24. The summed E-state index contributed by atoms with van der Waals surface area (Å²) in [7, 11) is 0. The fraction of sp³-hybridized carbons (Fsp3) is 0.227. The molecule has 0 atom stereocenters. The van der Waals surface area contributed by atoms with Gasteiger partial charge in [0.25, 0.3) is 5.91 Å². The number of piperidine rings is 1. The standard InChI is InChI=1S/C22H22N8O/c31-22(20-3-1-2-18(26-20)19-10-13-24-27-19)25-16-4-6-17(7-5-16)30-14-21(28-29-30)15-8-11-23-12-9-15/h1-7,10,13-15,23H,8-9,11-12H2,(H,24,27)(H,25,31). The van der Waals surface area contributed by atoms with Gasteiger partial charge in [0.15, 0.2) is 0 Å². The van der Waals surface area contributed by atoms with Gasteiger partial charge in [-0.25, -0.2) is 9.67 Å². The summed E-state index contributed by atoms with van der Waals surface area (Å²) < 4.78 is 1.78. The van der Waals surface area contributed by atoms with Crippen molar-refractivity contribution in [2.24, 2.45) is 0 Å². The lowest BCUT2D eigenvalue weighted by Crippen LogP contribution is -2.26. The van der Waals surface area contributed by atoms with Gasteiger partial charge >= 0.3 is 0 Å². The smallest absolute Gasteiger partial charge is 0.274 e. The van der Waals surface area contributed by atoms with Crippen LogP contribution in [0, 0.1) is 0 Å². The summed E-state index contributed by atoms with van der Waals surface area (Å²) in [6, 6.07) is 14.6. The Hall–Kier alpha value is -3.85. The lowest BCUT2D eigenvalue weighted by molar-refractivity contribution is 0.102. The molecular weight excluding hydrogens is 392 g/mol. The van der Waals surface area contributed by atoms with Crippen LogP contribution in [0.5, 0.6) is 0 Å². The van der Waals surface area contributed by atoms with Crippen molar-refractivity contribution < 1.29 is 4.79 Å². The van der Waals surface area contributed by atoms with Crippen molar-refractivity contribution >= 4 is 11.6 Å². The number of aromatic amines is 1. The highest BCUT2D eigenvalue weighted by molar-refractivity contribution is 6.03. The number of aromatic nitrogens is 6. The molecule has 1 fully saturated rings. The third-order valence-electron chi connectivity index (χ3n) is 5.42. The minimum Gasteiger partial charge on any atom is -0.321 e. The second-order valence-corrected chi connectivity index (χ2v) is 7.49. The first-order valence-corrected chi connectivity index (χ1v) is 10.3. The Morgan fingerprint density at radius 3 is 2.68 bits per heavy atom. The predicted octanol–water partition coefficient (Wildman–Crippen LogP) is 2.77. The molecule has 1 aromatic carbocycles. The summed E-state index contributed by atoms with van der Waals surface area (Å²) in [4.78, 5) is 17.1. The zero-order chi connectivity index (χ0) is 21.0. The van der Waals surface area contributed by atoms with E-state index in [4.69, 9.17) is 0 Å². The molecule has 4 aromatic rings. The number of rotatable bonds is 5. The van der Waals surface area contributed by atoms with Crippen LogP contribution >= 0.6 is 0 Å². The van der Waals surface area contributed by atoms with Crippen molar-refractivity contribution in [3.8, 4) is 17.1 Å². The lowest BCUT2D eigenvalue weighted by Gasteiger charge is -2.19. The number of nitrogens with zero attached hydrogens (tertiary/aromatic N) is 5. The van der Waals surface area contributed by atoms with Gasteiger partial charge in [-0.2, -0.15) is 5.10 Å². The highest BCUT2D eigenvalue weighted by Gasteiger charge is 2.18. The summed E-state index contributed by atoms with van der Waals surface area (Å²) in [5.41, 5.74) is 4.36. The van der Waals surface area contributed by atoms with E-state index in [9.17, 15) is 4.79 Å². The molecule has 5 rings (SSSR count). The van der Waals surface area contributed by atoms with Crippen LogP contribution in [0.25, 0.3) is 17.1 Å². The summed E-state index contributed by atoms with van der Waals surface area (Å²) in [6.07, 6.45) is 5.81. The van der Waals surface area contributed by atoms with E-state index >= 15 is 0 Å². The fourth-order valence-electron chi connectivity index (χ4n) is 3.71. The van der Waals surface area contributed by atoms with Gasteiger partial charge in [0.05, 0.1) is 29.0 Å². The maximum absolute atomic E-state index is 12.6. The Morgan fingerprint density at radius 1 is 1.06 bits per heavy atom. The van der Waals surface area contributed by atoms with E-state index in [-0.39, 0.29) is 5.91 Å². The van der Waals surface area contributed by atoms with E-state index in [2.05, 4.69) is 36.1 Å². The molecule has 0 bridgehead atoms. The molecule has 1 aliphatic rings. The molecule has 1 saturated heterocycles. The van der Waals surface area contributed by atoms with Gasteiger partial charge in [-0.1, -0.05) is 11.3 Å². The van der Waals surface area contributed by atoms with E-state index < -0.39 is 0 Å². The van der Waals surface area contributed by atoms with Crippen molar-refractivity contribution in [1.82, 2.24) is 35.5 Å². The van der Waals surface area contributed by atoms with Gasteiger partial charge in [0.2, 0.25) is 0 Å². The van der Waals surface area contributed by atoms with Gasteiger partial charge in [-0.3, -0.25) is 9.89 Å². The molecule has 0 unspecified atom stereocenters. The van der Waals surface area contributed by atoms with Crippen LogP contribution in [-0.2, 0) is 0 Å². The second-order valence-electron chi connectivity index (χ2n) is 7.49. The van der Waals surface area contributed by atoms with E-state index in [0.29, 0.717) is 23.0 Å². The van der Waals surface area contributed by atoms with E-state index in [1.807, 2.05) is 42.6 Å². The maximum atomic E-state index is 12.6. The van der Waals surface area contributed by atoms with Gasteiger partial charge in [0, 0.05) is 17.8 Å². The van der Waals surface area contributed by atoms with Crippen molar-refractivity contribution in [2.75, 3.05) is 18.4 Å². The Balaban J connectivity index is 1.27. The number of carbonyl (C=O) groups is 1. The second kappa shape index (κ2) is 8.49. The molecule has 4 heterocycles. The molecule has 3 aromatic heterocycles. The third kappa shape index (κ3) is 4.22. The molecule has 0 aliphatic carbocycles. The van der Waals surface area contributed by atoms with Crippen LogP contribution in [-0.4, -0.2) is 49.2 Å². The number of H-pyrrole nitrogens is 1. The number of amides is 1. The maximum Gasteiger partial charge on any atom is 0.274 e. The van der Waals surface area contributed by atoms with Crippen molar-refractivity contribution in [2.45, 2.75) is 18.8 Å². The van der Waals surface area contributed by atoms with E-state index in [1.165, 1.54) is 0 Å². The molecule has 1 aliphatic heterocycles. The van der Waals surface area contributed by atoms with Crippen molar-refractivity contribution in [3.05, 3.63) is 72.3 Å². The summed E-state index contributed by atoms with van der Waals surface area (Å²) >= 11 is 0. The largest absolute Gasteiger partial charge is 0.321 e. The van der Waals surface area contributed by atoms with Crippen LogP contribution in [0.1, 0.15) is 34.9 Å². The van der Waals surface area contributed by atoms with Crippen molar-refractivity contribution in [3.63, 3.8) is 0 Å². The molecule has 156 valence electrons. The molecule has 0 saturated carbocycles. The molecule has 0 spiro atoms. The Kier molecular flexibility index (Phi) is 5.24. The van der Waals surface area contributed by atoms with E-state index in [0.717, 1.165) is 43.0 Å². The first kappa shape index (κ1) is 19.1. The minimum atomic E-state index is -0.275. The molecule has 9 nitrogen and oxygen atoms in total. The summed E-state index contributed by atoms with van der Waals surface area (Å²) in [5.74, 6) is 0.182. The first-order valence-electron chi connectivity index (χ1n) is 10.3. The quantitative estimate of drug-likeness (QED) is 0.463. The Labute approximate surface area is 178 Å². The topological polar surface area (TPSA) is 113 Å². The first-order chi connectivity index (χ1) is 15.3. The average molecular weight is 414 g/mol. The van der Waals surface area contributed by atoms with Gasteiger partial charge in [0.1, 0.15) is 5.69 Å². The van der Waals surface area contributed by atoms with E-state index in [1.54, 1.807) is 23.0 Å². The van der Waals surface area contributed by atoms with Gasteiger partial charge in [-0.15, -0.1) is 5.10 Å². The van der Waals surface area contributed by atoms with Gasteiger partial charge < -0.3 is 10.6 Å². The molecule has 3 N–H and O–H groups in total. The zero-order valence-corrected chi connectivity index (χ0v) is 16.8. The predicted molar refractivity (Wildman–Crippen MR) is 116 cm³/mol. The fourth-order valence-corrected chi connectivity index (χ4v) is 3.71. The van der Waals surface area contributed by atoms with Crippen LogP contribution < -0.4 is 10.6 Å². The Bertz CT molecular complexity index is 1160. The average Bonchev–Trinajstić information content (AvgIpc) is 3.53. The SMILES string of the molecule is O=C(Nc1ccc(-n2cc(C3CCNCC3)nn2)cc1)c1cccc(-c2ccn[nH]2)n1. The van der Waals surface area contributed by atoms with Crippen LogP contribution in [0.2, 0.25) is 0 Å². The zero-order valence-electron chi connectivity index (χ0n) is 16.8. The third-order valence-corrected chi connectivity index (χ3v) is 5.42.